The molecule has 7 heteroatoms. The van der Waals surface area contributed by atoms with Crippen molar-refractivity contribution in [2.75, 3.05) is 44.6 Å². The molecule has 0 radical (unpaired) electrons. The average Bonchev–Trinajstić information content (AvgIpc) is 2.80. The first-order valence-electron chi connectivity index (χ1n) is 10.8. The van der Waals surface area contributed by atoms with E-state index in [2.05, 4.69) is 27.0 Å². The molecule has 2 aromatic rings. The van der Waals surface area contributed by atoms with E-state index in [0.717, 1.165) is 5.56 Å². The lowest BCUT2D eigenvalue weighted by Gasteiger charge is -2.38. The number of carbonyl (C=O) groups is 3. The molecule has 0 aromatic heterocycles. The summed E-state index contributed by atoms with van der Waals surface area (Å²) in [5, 5.41) is 5.78. The van der Waals surface area contributed by atoms with Crippen LogP contribution in [0.15, 0.2) is 67.3 Å². The van der Waals surface area contributed by atoms with Crippen LogP contribution in [0.4, 0.5) is 5.69 Å². The standard InChI is InChI=1S/C25H30N4O3/c1-3-12-26-23(31)18-28-13-15-29(16-14-28)24(20-8-5-4-6-9-20)25(32)27-22-11-7-10-21(17-22)19(2)30/h3-11,17,24H,1,12-16,18H2,2H3,(H,26,31)(H,27,32). The summed E-state index contributed by atoms with van der Waals surface area (Å²) in [5.41, 5.74) is 2.06. The highest BCUT2D eigenvalue weighted by atomic mass is 16.2. The van der Waals surface area contributed by atoms with Gasteiger partial charge in [0.1, 0.15) is 6.04 Å². The smallest absolute Gasteiger partial charge is 0.246 e. The van der Waals surface area contributed by atoms with Crippen LogP contribution in [0.1, 0.15) is 28.9 Å². The highest BCUT2D eigenvalue weighted by molar-refractivity contribution is 5.98. The Hall–Kier alpha value is -3.29. The van der Waals surface area contributed by atoms with E-state index in [9.17, 15) is 14.4 Å². The number of rotatable bonds is 9. The predicted octanol–water partition coefficient (Wildman–Crippen LogP) is 2.49. The summed E-state index contributed by atoms with van der Waals surface area (Å²) in [6, 6.07) is 16.2. The Morgan fingerprint density at radius 3 is 2.41 bits per heavy atom. The van der Waals surface area contributed by atoms with Gasteiger partial charge in [0, 0.05) is 44.0 Å². The van der Waals surface area contributed by atoms with Gasteiger partial charge < -0.3 is 10.6 Å². The molecule has 2 amide bonds. The second-order valence-electron chi connectivity index (χ2n) is 7.84. The Balaban J connectivity index is 1.70. The zero-order chi connectivity index (χ0) is 22.9. The van der Waals surface area contributed by atoms with Crippen LogP contribution >= 0.6 is 0 Å². The van der Waals surface area contributed by atoms with Gasteiger partial charge in [0.25, 0.3) is 0 Å². The Morgan fingerprint density at radius 2 is 1.75 bits per heavy atom. The van der Waals surface area contributed by atoms with Gasteiger partial charge in [0.15, 0.2) is 5.78 Å². The van der Waals surface area contributed by atoms with Crippen LogP contribution in [0.5, 0.6) is 0 Å². The topological polar surface area (TPSA) is 81.8 Å². The van der Waals surface area contributed by atoms with Crippen LogP contribution < -0.4 is 10.6 Å². The van der Waals surface area contributed by atoms with E-state index < -0.39 is 6.04 Å². The van der Waals surface area contributed by atoms with Crippen LogP contribution in [-0.4, -0.2) is 66.7 Å². The molecule has 1 fully saturated rings. The van der Waals surface area contributed by atoms with Crippen molar-refractivity contribution < 1.29 is 14.4 Å². The third-order valence-electron chi connectivity index (χ3n) is 5.48. The number of hydrogen-bond acceptors (Lipinski definition) is 5. The van der Waals surface area contributed by atoms with E-state index in [-0.39, 0.29) is 17.6 Å². The van der Waals surface area contributed by atoms with Crippen molar-refractivity contribution in [2.45, 2.75) is 13.0 Å². The lowest BCUT2D eigenvalue weighted by atomic mass is 10.0. The van der Waals surface area contributed by atoms with Gasteiger partial charge in [-0.05, 0) is 24.6 Å². The average molecular weight is 435 g/mol. The van der Waals surface area contributed by atoms with Crippen molar-refractivity contribution in [3.8, 4) is 0 Å². The molecular weight excluding hydrogens is 404 g/mol. The van der Waals surface area contributed by atoms with Gasteiger partial charge in [-0.1, -0.05) is 48.5 Å². The Morgan fingerprint density at radius 1 is 1.03 bits per heavy atom. The van der Waals surface area contributed by atoms with Crippen molar-refractivity contribution in [3.05, 3.63) is 78.4 Å². The lowest BCUT2D eigenvalue weighted by molar-refractivity contribution is -0.125. The van der Waals surface area contributed by atoms with Crippen LogP contribution in [0, 0.1) is 0 Å². The molecular formula is C25H30N4O3. The molecule has 1 unspecified atom stereocenters. The van der Waals surface area contributed by atoms with Gasteiger partial charge in [0.2, 0.25) is 11.8 Å². The van der Waals surface area contributed by atoms with E-state index in [0.29, 0.717) is 50.5 Å². The Kier molecular flexibility index (Phi) is 8.30. The van der Waals surface area contributed by atoms with Crippen LogP contribution in [0.2, 0.25) is 0 Å². The molecule has 2 N–H and O–H groups in total. The largest absolute Gasteiger partial charge is 0.352 e. The molecule has 1 aliphatic rings. The molecule has 1 saturated heterocycles. The van der Waals surface area contributed by atoms with Crippen molar-refractivity contribution in [1.29, 1.82) is 0 Å². The number of piperazine rings is 1. The van der Waals surface area contributed by atoms with Crippen molar-refractivity contribution in [2.24, 2.45) is 0 Å². The number of benzene rings is 2. The maximum Gasteiger partial charge on any atom is 0.246 e. The van der Waals surface area contributed by atoms with Gasteiger partial charge >= 0.3 is 0 Å². The minimum absolute atomic E-state index is 0.0268. The van der Waals surface area contributed by atoms with E-state index in [1.54, 1.807) is 30.3 Å². The van der Waals surface area contributed by atoms with Gasteiger partial charge in [-0.15, -0.1) is 6.58 Å². The molecule has 3 rings (SSSR count). The quantitative estimate of drug-likeness (QED) is 0.468. The van der Waals surface area contributed by atoms with Crippen molar-refractivity contribution in [1.82, 2.24) is 15.1 Å². The summed E-state index contributed by atoms with van der Waals surface area (Å²) < 4.78 is 0. The molecule has 0 saturated carbocycles. The van der Waals surface area contributed by atoms with Crippen molar-refractivity contribution in [3.63, 3.8) is 0 Å². The van der Waals surface area contributed by atoms with Gasteiger partial charge in [-0.2, -0.15) is 0 Å². The number of carbonyl (C=O) groups excluding carboxylic acids is 3. The number of hydrogen-bond donors (Lipinski definition) is 2. The molecule has 0 spiro atoms. The Bertz CT molecular complexity index is 953. The van der Waals surface area contributed by atoms with E-state index in [1.165, 1.54) is 6.92 Å². The predicted molar refractivity (Wildman–Crippen MR) is 125 cm³/mol. The maximum absolute atomic E-state index is 13.3. The highest BCUT2D eigenvalue weighted by Gasteiger charge is 2.31. The third kappa shape index (κ3) is 6.35. The lowest BCUT2D eigenvalue weighted by Crippen LogP contribution is -2.52. The normalized spacial score (nSPS) is 15.5. The summed E-state index contributed by atoms with van der Waals surface area (Å²) in [5.74, 6) is -0.218. The van der Waals surface area contributed by atoms with Crippen LogP contribution in [-0.2, 0) is 9.59 Å². The van der Waals surface area contributed by atoms with Crippen molar-refractivity contribution >= 4 is 23.3 Å². The molecule has 1 aliphatic heterocycles. The molecule has 2 aromatic carbocycles. The number of ketones is 1. The van der Waals surface area contributed by atoms with Crippen LogP contribution in [0.25, 0.3) is 0 Å². The summed E-state index contributed by atoms with van der Waals surface area (Å²) in [7, 11) is 0. The van der Waals surface area contributed by atoms with E-state index >= 15 is 0 Å². The van der Waals surface area contributed by atoms with E-state index in [4.69, 9.17) is 0 Å². The molecule has 1 atom stereocenters. The molecule has 168 valence electrons. The second-order valence-corrected chi connectivity index (χ2v) is 7.84. The third-order valence-corrected chi connectivity index (χ3v) is 5.48. The molecule has 32 heavy (non-hydrogen) atoms. The van der Waals surface area contributed by atoms with Gasteiger partial charge in [-0.25, -0.2) is 0 Å². The summed E-state index contributed by atoms with van der Waals surface area (Å²) in [6.07, 6.45) is 1.66. The fourth-order valence-electron chi connectivity index (χ4n) is 3.81. The van der Waals surface area contributed by atoms with Crippen LogP contribution in [0.3, 0.4) is 0 Å². The number of nitrogens with one attached hydrogen (secondary N) is 2. The number of amides is 2. The number of Topliss-reactive ketones (excluding diaryl/α,β-unsaturated/α-hetero) is 1. The summed E-state index contributed by atoms with van der Waals surface area (Å²) >= 11 is 0. The summed E-state index contributed by atoms with van der Waals surface area (Å²) in [6.45, 7) is 8.61. The highest BCUT2D eigenvalue weighted by Crippen LogP contribution is 2.24. The number of nitrogens with zero attached hydrogens (tertiary/aromatic N) is 2. The molecule has 7 nitrogen and oxygen atoms in total. The monoisotopic (exact) mass is 434 g/mol. The fourth-order valence-corrected chi connectivity index (χ4v) is 3.81. The zero-order valence-corrected chi connectivity index (χ0v) is 18.4. The zero-order valence-electron chi connectivity index (χ0n) is 18.4. The fraction of sp³-hybridized carbons (Fsp3) is 0.320. The molecule has 1 heterocycles. The second kappa shape index (κ2) is 11.4. The van der Waals surface area contributed by atoms with E-state index in [1.807, 2.05) is 30.3 Å². The maximum atomic E-state index is 13.3. The first kappa shape index (κ1) is 23.4. The van der Waals surface area contributed by atoms with Gasteiger partial charge in [-0.3, -0.25) is 24.2 Å². The van der Waals surface area contributed by atoms with Gasteiger partial charge in [0.05, 0.1) is 6.54 Å². The first-order chi connectivity index (χ1) is 15.5. The minimum atomic E-state index is -0.464. The Labute approximate surface area is 189 Å². The summed E-state index contributed by atoms with van der Waals surface area (Å²) in [4.78, 5) is 41.3. The molecule has 0 aliphatic carbocycles. The minimum Gasteiger partial charge on any atom is -0.352 e. The SMILES string of the molecule is C=CCNC(=O)CN1CCN(C(C(=O)Nc2cccc(C(C)=O)c2)c2ccccc2)CC1. The molecule has 0 bridgehead atoms. The first-order valence-corrected chi connectivity index (χ1v) is 10.8. The number of anilines is 1.